The lowest BCUT2D eigenvalue weighted by atomic mass is 9.85. The van der Waals surface area contributed by atoms with E-state index in [2.05, 4.69) is 27.0 Å². The van der Waals surface area contributed by atoms with Gasteiger partial charge in [0, 0.05) is 50.9 Å². The lowest BCUT2D eigenvalue weighted by molar-refractivity contribution is 0.196. The second-order valence-corrected chi connectivity index (χ2v) is 8.11. The number of nitrogens with zero attached hydrogens (tertiary/aromatic N) is 7. The van der Waals surface area contributed by atoms with Gasteiger partial charge >= 0.3 is 0 Å². The van der Waals surface area contributed by atoms with Crippen LogP contribution in [0.25, 0.3) is 5.65 Å². The van der Waals surface area contributed by atoms with Crippen molar-refractivity contribution in [2.24, 2.45) is 7.05 Å². The summed E-state index contributed by atoms with van der Waals surface area (Å²) in [6.07, 6.45) is 5.47. The molecule has 0 atom stereocenters. The average molecular weight is 379 g/mol. The van der Waals surface area contributed by atoms with Gasteiger partial charge in [-0.1, -0.05) is 6.42 Å². The third-order valence-electron chi connectivity index (χ3n) is 6.15. The number of likely N-dealkylation sites (N-methyl/N-ethyl adjacent to an activating group) is 1. The van der Waals surface area contributed by atoms with Crippen LogP contribution in [0.2, 0.25) is 0 Å². The van der Waals surface area contributed by atoms with Crippen LogP contribution in [0.3, 0.4) is 0 Å². The van der Waals surface area contributed by atoms with Crippen LogP contribution < -0.4 is 10.5 Å². The topological polar surface area (TPSA) is 71.6 Å². The molecule has 2 aliphatic rings. The van der Waals surface area contributed by atoms with E-state index in [1.165, 1.54) is 19.3 Å². The van der Waals surface area contributed by atoms with Crippen LogP contribution in [-0.2, 0) is 13.6 Å². The molecule has 146 valence electrons. The van der Waals surface area contributed by atoms with E-state index < -0.39 is 0 Å². The number of rotatable bonds is 5. The molecule has 4 heterocycles. The molecule has 0 amide bonds. The number of aryl methyl sites for hydroxylation is 1. The standard InChI is InChI=1S/C20H25N7O/c1-24-9-8-14(10-19(24)28)11-25(2)16-12-26(13-16)18-7-6-17-21-22-20(27(17)23-18)15-4-3-5-15/h6-10,15-16H,3-5,11-13H2,1-2H3. The van der Waals surface area contributed by atoms with Gasteiger partial charge in [-0.25, -0.2) is 0 Å². The number of hydrogen-bond donors (Lipinski definition) is 0. The van der Waals surface area contributed by atoms with Gasteiger partial charge in [0.2, 0.25) is 0 Å². The van der Waals surface area contributed by atoms with E-state index in [-0.39, 0.29) is 5.56 Å². The van der Waals surface area contributed by atoms with E-state index in [9.17, 15) is 4.79 Å². The highest BCUT2D eigenvalue weighted by Gasteiger charge is 2.32. The van der Waals surface area contributed by atoms with Gasteiger partial charge < -0.3 is 9.47 Å². The maximum absolute atomic E-state index is 11.8. The molecule has 8 nitrogen and oxygen atoms in total. The predicted octanol–water partition coefficient (Wildman–Crippen LogP) is 1.41. The van der Waals surface area contributed by atoms with E-state index in [1.807, 2.05) is 28.9 Å². The Morgan fingerprint density at radius 1 is 1.18 bits per heavy atom. The fraction of sp³-hybridized carbons (Fsp3) is 0.500. The quantitative estimate of drug-likeness (QED) is 0.668. The summed E-state index contributed by atoms with van der Waals surface area (Å²) in [6, 6.07) is 8.22. The smallest absolute Gasteiger partial charge is 0.250 e. The minimum atomic E-state index is 0.0369. The molecule has 0 N–H and O–H groups in total. The normalized spacial score (nSPS) is 17.9. The Kier molecular flexibility index (Phi) is 4.16. The molecule has 8 heteroatoms. The van der Waals surface area contributed by atoms with Crippen molar-refractivity contribution in [1.29, 1.82) is 0 Å². The zero-order chi connectivity index (χ0) is 19.3. The number of hydrogen-bond acceptors (Lipinski definition) is 6. The highest BCUT2D eigenvalue weighted by molar-refractivity contribution is 5.48. The second kappa shape index (κ2) is 6.70. The van der Waals surface area contributed by atoms with Crippen LogP contribution in [0.5, 0.6) is 0 Å². The maximum atomic E-state index is 11.8. The molecule has 5 rings (SSSR count). The van der Waals surface area contributed by atoms with Gasteiger partial charge in [0.05, 0.1) is 0 Å². The average Bonchev–Trinajstić information content (AvgIpc) is 2.99. The maximum Gasteiger partial charge on any atom is 0.250 e. The minimum Gasteiger partial charge on any atom is -0.352 e. The summed E-state index contributed by atoms with van der Waals surface area (Å²) in [7, 11) is 3.89. The van der Waals surface area contributed by atoms with Gasteiger partial charge in [0.1, 0.15) is 5.82 Å². The summed E-state index contributed by atoms with van der Waals surface area (Å²) >= 11 is 0. The first-order valence-corrected chi connectivity index (χ1v) is 9.91. The Morgan fingerprint density at radius 2 is 2.00 bits per heavy atom. The number of anilines is 1. The van der Waals surface area contributed by atoms with Crippen molar-refractivity contribution in [2.45, 2.75) is 37.8 Å². The third kappa shape index (κ3) is 2.97. The lowest BCUT2D eigenvalue weighted by Gasteiger charge is -2.44. The van der Waals surface area contributed by atoms with Crippen molar-refractivity contribution in [1.82, 2.24) is 29.3 Å². The number of fused-ring (bicyclic) bond motifs is 1. The van der Waals surface area contributed by atoms with E-state index >= 15 is 0 Å². The van der Waals surface area contributed by atoms with Gasteiger partial charge in [-0.3, -0.25) is 9.69 Å². The van der Waals surface area contributed by atoms with Gasteiger partial charge in [-0.2, -0.15) is 4.52 Å². The van der Waals surface area contributed by atoms with Crippen LogP contribution in [0, 0.1) is 0 Å². The van der Waals surface area contributed by atoms with Crippen LogP contribution in [0.1, 0.15) is 36.6 Å². The summed E-state index contributed by atoms with van der Waals surface area (Å²) in [4.78, 5) is 16.4. The second-order valence-electron chi connectivity index (χ2n) is 8.11. The van der Waals surface area contributed by atoms with Crippen molar-refractivity contribution in [2.75, 3.05) is 25.0 Å². The molecule has 0 spiro atoms. The molecular formula is C20H25N7O. The monoisotopic (exact) mass is 379 g/mol. The van der Waals surface area contributed by atoms with E-state index in [4.69, 9.17) is 5.10 Å². The predicted molar refractivity (Wildman–Crippen MR) is 107 cm³/mol. The highest BCUT2D eigenvalue weighted by atomic mass is 16.1. The number of aromatic nitrogens is 5. The fourth-order valence-corrected chi connectivity index (χ4v) is 3.91. The van der Waals surface area contributed by atoms with Gasteiger partial charge in [-0.05, 0) is 43.7 Å². The molecule has 2 fully saturated rings. The first-order valence-electron chi connectivity index (χ1n) is 9.91. The van der Waals surface area contributed by atoms with Gasteiger partial charge in [0.25, 0.3) is 5.56 Å². The minimum absolute atomic E-state index is 0.0369. The van der Waals surface area contributed by atoms with Gasteiger partial charge in [0.15, 0.2) is 11.5 Å². The number of pyridine rings is 1. The Balaban J connectivity index is 1.26. The van der Waals surface area contributed by atoms with E-state index in [1.54, 1.807) is 17.7 Å². The van der Waals surface area contributed by atoms with E-state index in [0.29, 0.717) is 12.0 Å². The molecule has 0 bridgehead atoms. The molecule has 28 heavy (non-hydrogen) atoms. The van der Waals surface area contributed by atoms with Crippen LogP contribution in [0.15, 0.2) is 35.3 Å². The van der Waals surface area contributed by atoms with Crippen molar-refractivity contribution >= 4 is 11.5 Å². The summed E-state index contributed by atoms with van der Waals surface area (Å²) in [6.45, 7) is 2.64. The zero-order valence-electron chi connectivity index (χ0n) is 16.3. The largest absolute Gasteiger partial charge is 0.352 e. The zero-order valence-corrected chi connectivity index (χ0v) is 16.3. The molecular weight excluding hydrogens is 354 g/mol. The van der Waals surface area contributed by atoms with Crippen molar-refractivity contribution < 1.29 is 0 Å². The Bertz CT molecular complexity index is 1060. The third-order valence-corrected chi connectivity index (χ3v) is 6.15. The Labute approximate surface area is 163 Å². The molecule has 3 aromatic heterocycles. The Hall–Kier alpha value is -2.74. The molecule has 0 aromatic carbocycles. The van der Waals surface area contributed by atoms with Crippen LogP contribution in [-0.4, -0.2) is 55.5 Å². The van der Waals surface area contributed by atoms with Crippen molar-refractivity contribution in [3.05, 3.63) is 52.2 Å². The molecule has 0 unspecified atom stereocenters. The fourth-order valence-electron chi connectivity index (χ4n) is 3.91. The molecule has 3 aromatic rings. The molecule has 1 saturated heterocycles. The summed E-state index contributed by atoms with van der Waals surface area (Å²) in [5.41, 5.74) is 1.92. The first-order chi connectivity index (χ1) is 13.6. The lowest BCUT2D eigenvalue weighted by Crippen LogP contribution is -2.58. The molecule has 1 aliphatic heterocycles. The summed E-state index contributed by atoms with van der Waals surface area (Å²) in [5.74, 6) is 2.49. The molecule has 1 aliphatic carbocycles. The summed E-state index contributed by atoms with van der Waals surface area (Å²) < 4.78 is 3.52. The Morgan fingerprint density at radius 3 is 2.71 bits per heavy atom. The van der Waals surface area contributed by atoms with Crippen LogP contribution >= 0.6 is 0 Å². The van der Waals surface area contributed by atoms with Gasteiger partial charge in [-0.15, -0.1) is 15.3 Å². The first kappa shape index (κ1) is 17.4. The SMILES string of the molecule is CN(Cc1ccn(C)c(=O)c1)C1CN(c2ccc3nnc(C4CCC4)n3n2)C1. The highest BCUT2D eigenvalue weighted by Crippen LogP contribution is 2.35. The van der Waals surface area contributed by atoms with E-state index in [0.717, 1.165) is 42.5 Å². The van der Waals surface area contributed by atoms with Crippen molar-refractivity contribution in [3.63, 3.8) is 0 Å². The summed E-state index contributed by atoms with van der Waals surface area (Å²) in [5, 5.41) is 13.4. The molecule has 1 saturated carbocycles. The molecule has 0 radical (unpaired) electrons. The van der Waals surface area contributed by atoms with Crippen molar-refractivity contribution in [3.8, 4) is 0 Å². The van der Waals surface area contributed by atoms with Crippen LogP contribution in [0.4, 0.5) is 5.82 Å².